The first kappa shape index (κ1) is 18.0. The number of fused-ring (bicyclic) bond motifs is 1. The first-order chi connectivity index (χ1) is 13.0. The molecule has 6 heteroatoms. The molecule has 5 nitrogen and oxygen atoms in total. The number of amides is 1. The van der Waals surface area contributed by atoms with E-state index in [0.717, 1.165) is 24.2 Å². The maximum atomic E-state index is 13.2. The molecule has 142 valence electrons. The van der Waals surface area contributed by atoms with Crippen LogP contribution in [-0.2, 0) is 27.6 Å². The van der Waals surface area contributed by atoms with Gasteiger partial charge in [-0.05, 0) is 30.0 Å². The minimum atomic E-state index is -3.05. The first-order valence-electron chi connectivity index (χ1n) is 9.38. The second kappa shape index (κ2) is 7.35. The van der Waals surface area contributed by atoms with Gasteiger partial charge in [-0.25, -0.2) is 8.42 Å². The summed E-state index contributed by atoms with van der Waals surface area (Å²) in [6, 6.07) is 17.7. The second-order valence-electron chi connectivity index (χ2n) is 7.36. The lowest BCUT2D eigenvalue weighted by molar-refractivity contribution is -0.132. The van der Waals surface area contributed by atoms with Crippen LogP contribution in [0.2, 0.25) is 0 Å². The van der Waals surface area contributed by atoms with Gasteiger partial charge in [0.1, 0.15) is 0 Å². The van der Waals surface area contributed by atoms with Gasteiger partial charge in [0.2, 0.25) is 5.91 Å². The van der Waals surface area contributed by atoms with Crippen LogP contribution in [0.5, 0.6) is 0 Å². The molecule has 0 saturated carbocycles. The van der Waals surface area contributed by atoms with Gasteiger partial charge in [0.05, 0.1) is 18.1 Å². The molecule has 1 atom stereocenters. The molecular weight excluding hydrogens is 360 g/mol. The highest BCUT2D eigenvalue weighted by Gasteiger charge is 2.35. The van der Waals surface area contributed by atoms with Crippen molar-refractivity contribution < 1.29 is 13.2 Å². The Balaban J connectivity index is 1.54. The minimum absolute atomic E-state index is 0.00217. The largest absolute Gasteiger partial charge is 0.362 e. The van der Waals surface area contributed by atoms with Gasteiger partial charge in [-0.1, -0.05) is 48.5 Å². The van der Waals surface area contributed by atoms with Crippen LogP contribution in [0.1, 0.15) is 17.5 Å². The molecule has 1 amide bonds. The van der Waals surface area contributed by atoms with Crippen molar-refractivity contribution in [3.63, 3.8) is 0 Å². The van der Waals surface area contributed by atoms with Gasteiger partial charge in [0, 0.05) is 24.8 Å². The van der Waals surface area contributed by atoms with Crippen LogP contribution >= 0.6 is 0 Å². The molecular formula is C21H24N2O3S. The smallest absolute Gasteiger partial charge is 0.242 e. The molecule has 2 aliphatic rings. The molecule has 0 aliphatic carbocycles. The van der Waals surface area contributed by atoms with E-state index < -0.39 is 9.84 Å². The van der Waals surface area contributed by atoms with Crippen molar-refractivity contribution in [3.8, 4) is 0 Å². The molecule has 4 rings (SSSR count). The molecule has 27 heavy (non-hydrogen) atoms. The number of carbonyl (C=O) groups excluding carboxylic acids is 1. The van der Waals surface area contributed by atoms with E-state index in [9.17, 15) is 13.2 Å². The molecule has 0 aromatic heterocycles. The number of rotatable bonds is 5. The van der Waals surface area contributed by atoms with Gasteiger partial charge < -0.3 is 9.80 Å². The van der Waals surface area contributed by atoms with Crippen molar-refractivity contribution in [2.45, 2.75) is 25.4 Å². The van der Waals surface area contributed by atoms with Gasteiger partial charge in [-0.15, -0.1) is 0 Å². The number of sulfone groups is 1. The lowest BCUT2D eigenvalue weighted by atomic mass is 10.1. The molecule has 0 N–H and O–H groups in total. The predicted octanol–water partition coefficient (Wildman–Crippen LogP) is 2.27. The van der Waals surface area contributed by atoms with E-state index in [-0.39, 0.29) is 23.5 Å². The van der Waals surface area contributed by atoms with Gasteiger partial charge in [-0.2, -0.15) is 0 Å². The summed E-state index contributed by atoms with van der Waals surface area (Å²) < 4.78 is 24.0. The lowest BCUT2D eigenvalue weighted by Crippen LogP contribution is -2.45. The Labute approximate surface area is 160 Å². The third-order valence-corrected chi connectivity index (χ3v) is 7.23. The first-order valence-corrected chi connectivity index (χ1v) is 11.2. The Morgan fingerprint density at radius 2 is 1.81 bits per heavy atom. The van der Waals surface area contributed by atoms with Gasteiger partial charge in [0.25, 0.3) is 0 Å². The highest BCUT2D eigenvalue weighted by molar-refractivity contribution is 7.91. The minimum Gasteiger partial charge on any atom is -0.362 e. The average molecular weight is 385 g/mol. The molecule has 1 saturated heterocycles. The summed E-state index contributed by atoms with van der Waals surface area (Å²) in [7, 11) is -3.05. The summed E-state index contributed by atoms with van der Waals surface area (Å²) in [6.07, 6.45) is 1.47. The summed E-state index contributed by atoms with van der Waals surface area (Å²) in [5, 5.41) is 0. The summed E-state index contributed by atoms with van der Waals surface area (Å²) in [6.45, 7) is 1.57. The van der Waals surface area contributed by atoms with E-state index in [2.05, 4.69) is 17.0 Å². The maximum Gasteiger partial charge on any atom is 0.242 e. The molecule has 2 heterocycles. The highest BCUT2D eigenvalue weighted by Crippen LogP contribution is 2.28. The zero-order valence-electron chi connectivity index (χ0n) is 15.3. The van der Waals surface area contributed by atoms with Crippen molar-refractivity contribution in [2.75, 3.05) is 29.5 Å². The van der Waals surface area contributed by atoms with Crippen LogP contribution in [-0.4, -0.2) is 49.9 Å². The van der Waals surface area contributed by atoms with Gasteiger partial charge in [0.15, 0.2) is 9.84 Å². The summed E-state index contributed by atoms with van der Waals surface area (Å²) in [5.41, 5.74) is 3.41. The fourth-order valence-electron chi connectivity index (χ4n) is 4.05. The van der Waals surface area contributed by atoms with Crippen molar-refractivity contribution in [1.29, 1.82) is 0 Å². The third-order valence-electron chi connectivity index (χ3n) is 5.47. The number of carbonyl (C=O) groups is 1. The number of nitrogens with zero attached hydrogens (tertiary/aromatic N) is 2. The van der Waals surface area contributed by atoms with E-state index in [1.165, 1.54) is 5.56 Å². The van der Waals surface area contributed by atoms with E-state index in [1.54, 1.807) is 4.90 Å². The van der Waals surface area contributed by atoms with E-state index in [1.807, 2.05) is 42.5 Å². The molecule has 1 unspecified atom stereocenters. The number of para-hydroxylation sites is 1. The van der Waals surface area contributed by atoms with Crippen LogP contribution < -0.4 is 4.90 Å². The number of benzene rings is 2. The predicted molar refractivity (Wildman–Crippen MR) is 106 cm³/mol. The maximum absolute atomic E-state index is 13.2. The van der Waals surface area contributed by atoms with Gasteiger partial charge in [-0.3, -0.25) is 4.79 Å². The quantitative estimate of drug-likeness (QED) is 0.794. The highest BCUT2D eigenvalue weighted by atomic mass is 32.2. The van der Waals surface area contributed by atoms with Crippen LogP contribution in [0.25, 0.3) is 0 Å². The fourth-order valence-corrected chi connectivity index (χ4v) is 5.78. The molecule has 0 bridgehead atoms. The normalized spacial score (nSPS) is 20.4. The third kappa shape index (κ3) is 4.00. The SMILES string of the molecule is O=C(CN1CCc2ccccc21)N(Cc1ccccc1)C1CCS(=O)(=O)C1. The van der Waals surface area contributed by atoms with Crippen molar-refractivity contribution in [2.24, 2.45) is 0 Å². The topological polar surface area (TPSA) is 57.7 Å². The average Bonchev–Trinajstić information content (AvgIpc) is 3.23. The molecule has 2 aromatic rings. The van der Waals surface area contributed by atoms with E-state index in [4.69, 9.17) is 0 Å². The van der Waals surface area contributed by atoms with Gasteiger partial charge >= 0.3 is 0 Å². The van der Waals surface area contributed by atoms with E-state index >= 15 is 0 Å². The summed E-state index contributed by atoms with van der Waals surface area (Å²) in [5.74, 6) is 0.239. The van der Waals surface area contributed by atoms with E-state index in [0.29, 0.717) is 19.5 Å². The monoisotopic (exact) mass is 384 g/mol. The summed E-state index contributed by atoms with van der Waals surface area (Å²) >= 11 is 0. The summed E-state index contributed by atoms with van der Waals surface area (Å²) in [4.78, 5) is 17.1. The zero-order valence-corrected chi connectivity index (χ0v) is 16.1. The fraction of sp³-hybridized carbons (Fsp3) is 0.381. The molecule has 2 aliphatic heterocycles. The number of anilines is 1. The Morgan fingerprint density at radius 1 is 1.07 bits per heavy atom. The molecule has 0 spiro atoms. The Kier molecular flexibility index (Phi) is 4.91. The number of hydrogen-bond donors (Lipinski definition) is 0. The van der Waals surface area contributed by atoms with Crippen LogP contribution in [0, 0.1) is 0 Å². The van der Waals surface area contributed by atoms with Crippen LogP contribution in [0.15, 0.2) is 54.6 Å². The van der Waals surface area contributed by atoms with Crippen molar-refractivity contribution in [1.82, 2.24) is 4.90 Å². The molecule has 0 radical (unpaired) electrons. The second-order valence-corrected chi connectivity index (χ2v) is 9.59. The number of hydrogen-bond acceptors (Lipinski definition) is 4. The van der Waals surface area contributed by atoms with Crippen molar-refractivity contribution in [3.05, 3.63) is 65.7 Å². The standard InChI is InChI=1S/C21H24N2O3S/c24-21(15-22-12-10-18-8-4-5-9-20(18)22)23(14-17-6-2-1-3-7-17)19-11-13-27(25,26)16-19/h1-9,19H,10-16H2. The Bertz CT molecular complexity index is 927. The molecule has 1 fully saturated rings. The lowest BCUT2D eigenvalue weighted by Gasteiger charge is -2.31. The van der Waals surface area contributed by atoms with Crippen LogP contribution in [0.4, 0.5) is 5.69 Å². The van der Waals surface area contributed by atoms with Crippen molar-refractivity contribution >= 4 is 21.4 Å². The van der Waals surface area contributed by atoms with Crippen LogP contribution in [0.3, 0.4) is 0 Å². The molecule has 2 aromatic carbocycles. The zero-order chi connectivity index (χ0) is 18.9. The Morgan fingerprint density at radius 3 is 2.56 bits per heavy atom. The Hall–Kier alpha value is -2.34.